The third-order valence-corrected chi connectivity index (χ3v) is 5.12. The first-order valence-electron chi connectivity index (χ1n) is 5.55. The SMILES string of the molecule is FC(F)(F)C1(C(F)(F)F)OC2C[C@@H]3C[C@H]2C1C3Cl. The van der Waals surface area contributed by atoms with Crippen LogP contribution in [0.3, 0.4) is 0 Å². The van der Waals surface area contributed by atoms with E-state index in [9.17, 15) is 26.3 Å². The molecule has 104 valence electrons. The Morgan fingerprint density at radius 3 is 2.00 bits per heavy atom. The van der Waals surface area contributed by atoms with E-state index in [1.54, 1.807) is 0 Å². The molecule has 0 N–H and O–H groups in total. The van der Waals surface area contributed by atoms with Gasteiger partial charge in [0.1, 0.15) is 0 Å². The molecule has 0 aromatic heterocycles. The molecule has 3 fully saturated rings. The zero-order chi connectivity index (χ0) is 13.5. The first-order chi connectivity index (χ1) is 8.09. The van der Waals surface area contributed by atoms with Crippen molar-refractivity contribution >= 4 is 11.6 Å². The Bertz CT molecular complexity index is 362. The second-order valence-electron chi connectivity index (χ2n) is 5.25. The Labute approximate surface area is 103 Å². The van der Waals surface area contributed by atoms with Crippen LogP contribution in [0.1, 0.15) is 12.8 Å². The summed E-state index contributed by atoms with van der Waals surface area (Å²) in [4.78, 5) is 0. The van der Waals surface area contributed by atoms with E-state index in [0.29, 0.717) is 6.42 Å². The molecule has 3 rings (SSSR count). The van der Waals surface area contributed by atoms with E-state index in [4.69, 9.17) is 11.6 Å². The summed E-state index contributed by atoms with van der Waals surface area (Å²) in [5.41, 5.74) is -4.08. The van der Waals surface area contributed by atoms with Crippen molar-refractivity contribution in [2.45, 2.75) is 42.3 Å². The minimum atomic E-state index is -5.49. The predicted molar refractivity (Wildman–Crippen MR) is 49.1 cm³/mol. The Balaban J connectivity index is 2.13. The van der Waals surface area contributed by atoms with E-state index < -0.39 is 41.3 Å². The molecule has 1 saturated heterocycles. The largest absolute Gasteiger partial charge is 0.426 e. The van der Waals surface area contributed by atoms with E-state index in [-0.39, 0.29) is 12.3 Å². The summed E-state index contributed by atoms with van der Waals surface area (Å²) >= 11 is 5.82. The summed E-state index contributed by atoms with van der Waals surface area (Å²) in [6, 6.07) is 0. The normalized spacial score (nSPS) is 45.8. The van der Waals surface area contributed by atoms with Gasteiger partial charge in [0.2, 0.25) is 0 Å². The molecule has 3 unspecified atom stereocenters. The zero-order valence-corrected chi connectivity index (χ0v) is 9.61. The molecular formula is C10H9ClF6O. The number of hydrogen-bond donors (Lipinski definition) is 0. The molecular weight excluding hydrogens is 286 g/mol. The van der Waals surface area contributed by atoms with Crippen LogP contribution in [0.2, 0.25) is 0 Å². The number of ether oxygens (including phenoxy) is 1. The van der Waals surface area contributed by atoms with Crippen molar-refractivity contribution < 1.29 is 31.1 Å². The van der Waals surface area contributed by atoms with Crippen molar-refractivity contribution in [3.8, 4) is 0 Å². The van der Waals surface area contributed by atoms with Gasteiger partial charge in [-0.2, -0.15) is 26.3 Å². The van der Waals surface area contributed by atoms with Crippen LogP contribution in [0, 0.1) is 17.8 Å². The molecule has 0 spiro atoms. The first-order valence-corrected chi connectivity index (χ1v) is 5.98. The Morgan fingerprint density at radius 2 is 1.56 bits per heavy atom. The van der Waals surface area contributed by atoms with Crippen LogP contribution in [0.5, 0.6) is 0 Å². The molecule has 8 heteroatoms. The van der Waals surface area contributed by atoms with Crippen molar-refractivity contribution in [2.24, 2.45) is 17.8 Å². The predicted octanol–water partition coefficient (Wildman–Crippen LogP) is 3.51. The van der Waals surface area contributed by atoms with E-state index in [0.717, 1.165) is 0 Å². The highest BCUT2D eigenvalue weighted by atomic mass is 35.5. The second-order valence-corrected chi connectivity index (χ2v) is 5.76. The Hall–Kier alpha value is -0.170. The van der Waals surface area contributed by atoms with Gasteiger partial charge in [0.15, 0.2) is 0 Å². The molecule has 1 nitrogen and oxygen atoms in total. The third-order valence-electron chi connectivity index (χ3n) is 4.49. The van der Waals surface area contributed by atoms with E-state index in [1.165, 1.54) is 0 Å². The van der Waals surface area contributed by atoms with E-state index in [2.05, 4.69) is 4.74 Å². The summed E-state index contributed by atoms with van der Waals surface area (Å²) in [5, 5.41) is -1.11. The van der Waals surface area contributed by atoms with Crippen LogP contribution in [0.15, 0.2) is 0 Å². The maximum Gasteiger partial charge on any atom is 0.426 e. The number of alkyl halides is 7. The van der Waals surface area contributed by atoms with Crippen LogP contribution in [0.4, 0.5) is 26.3 Å². The van der Waals surface area contributed by atoms with Crippen LogP contribution < -0.4 is 0 Å². The lowest BCUT2D eigenvalue weighted by Crippen LogP contribution is -2.62. The summed E-state index contributed by atoms with van der Waals surface area (Å²) in [5.74, 6) is -2.72. The van der Waals surface area contributed by atoms with Gasteiger partial charge in [0.25, 0.3) is 5.60 Å². The van der Waals surface area contributed by atoms with Crippen LogP contribution in [-0.2, 0) is 4.74 Å². The van der Waals surface area contributed by atoms with Gasteiger partial charge in [-0.05, 0) is 24.7 Å². The zero-order valence-electron chi connectivity index (χ0n) is 8.85. The first kappa shape index (κ1) is 12.8. The Morgan fingerprint density at radius 1 is 1.00 bits per heavy atom. The van der Waals surface area contributed by atoms with Gasteiger partial charge in [-0.3, -0.25) is 0 Å². The maximum absolute atomic E-state index is 13.0. The van der Waals surface area contributed by atoms with Crippen molar-refractivity contribution in [2.75, 3.05) is 0 Å². The average molecular weight is 295 g/mol. The minimum absolute atomic E-state index is 0.198. The van der Waals surface area contributed by atoms with Crippen LogP contribution >= 0.6 is 11.6 Å². The highest BCUT2D eigenvalue weighted by molar-refractivity contribution is 6.21. The molecule has 1 heterocycles. The molecule has 5 atom stereocenters. The standard InChI is InChI=1S/C10H9ClF6O/c11-7-3-1-4-5(2-3)18-8(6(4)7,9(12,13)14)10(15,16)17/h3-7H,1-2H2/t3-,4+,5?,6?,7?/m0/s1. The van der Waals surface area contributed by atoms with Gasteiger partial charge in [0.05, 0.1) is 6.10 Å². The summed E-state index contributed by atoms with van der Waals surface area (Å²) in [6.45, 7) is 0. The van der Waals surface area contributed by atoms with Gasteiger partial charge in [-0.1, -0.05) is 0 Å². The molecule has 2 saturated carbocycles. The molecule has 2 aliphatic carbocycles. The maximum atomic E-state index is 13.0. The van der Waals surface area contributed by atoms with Gasteiger partial charge in [0, 0.05) is 11.3 Å². The fourth-order valence-corrected chi connectivity index (χ4v) is 4.46. The number of rotatable bonds is 0. The summed E-state index contributed by atoms with van der Waals surface area (Å²) in [7, 11) is 0. The van der Waals surface area contributed by atoms with Crippen molar-refractivity contribution in [3.05, 3.63) is 0 Å². The van der Waals surface area contributed by atoms with Gasteiger partial charge >= 0.3 is 12.4 Å². The average Bonchev–Trinajstić information content (AvgIpc) is 2.71. The number of fused-ring (bicyclic) bond motifs is 1. The molecule has 0 aromatic rings. The smallest absolute Gasteiger partial charge is 0.354 e. The van der Waals surface area contributed by atoms with E-state index >= 15 is 0 Å². The fourth-order valence-electron chi connectivity index (χ4n) is 3.89. The lowest BCUT2D eigenvalue weighted by atomic mass is 9.77. The highest BCUT2D eigenvalue weighted by Gasteiger charge is 2.84. The molecule has 2 bridgehead atoms. The number of hydrogen-bond acceptors (Lipinski definition) is 1. The van der Waals surface area contributed by atoms with Crippen molar-refractivity contribution in [1.82, 2.24) is 0 Å². The summed E-state index contributed by atoms with van der Waals surface area (Å²) < 4.78 is 82.6. The second kappa shape index (κ2) is 3.29. The van der Waals surface area contributed by atoms with Crippen LogP contribution in [-0.4, -0.2) is 29.4 Å². The highest BCUT2D eigenvalue weighted by Crippen LogP contribution is 2.68. The monoisotopic (exact) mass is 294 g/mol. The molecule has 0 amide bonds. The third kappa shape index (κ3) is 1.25. The number of halogens is 7. The molecule has 18 heavy (non-hydrogen) atoms. The van der Waals surface area contributed by atoms with Gasteiger partial charge < -0.3 is 4.74 Å². The lowest BCUT2D eigenvalue weighted by Gasteiger charge is -2.38. The molecule has 0 radical (unpaired) electrons. The van der Waals surface area contributed by atoms with Crippen LogP contribution in [0.25, 0.3) is 0 Å². The minimum Gasteiger partial charge on any atom is -0.354 e. The van der Waals surface area contributed by atoms with Gasteiger partial charge in [-0.15, -0.1) is 11.6 Å². The van der Waals surface area contributed by atoms with Crippen molar-refractivity contribution in [1.29, 1.82) is 0 Å². The fraction of sp³-hybridized carbons (Fsp3) is 1.00. The topological polar surface area (TPSA) is 9.23 Å². The summed E-state index contributed by atoms with van der Waals surface area (Å²) in [6.07, 6.45) is -11.4. The van der Waals surface area contributed by atoms with Gasteiger partial charge in [-0.25, -0.2) is 0 Å². The molecule has 3 aliphatic rings. The van der Waals surface area contributed by atoms with E-state index in [1.807, 2.05) is 0 Å². The van der Waals surface area contributed by atoms with Crippen molar-refractivity contribution in [3.63, 3.8) is 0 Å². The quantitative estimate of drug-likeness (QED) is 0.491. The lowest BCUT2D eigenvalue weighted by molar-refractivity contribution is -0.383. The molecule has 1 aliphatic heterocycles. The Kier molecular flexibility index (Phi) is 2.34. The molecule has 0 aromatic carbocycles.